The summed E-state index contributed by atoms with van der Waals surface area (Å²) in [6.07, 6.45) is 6.51. The minimum atomic E-state index is 0.0249. The number of para-hydroxylation sites is 1. The van der Waals surface area contributed by atoms with Crippen LogP contribution in [-0.4, -0.2) is 50.6 Å². The summed E-state index contributed by atoms with van der Waals surface area (Å²) >= 11 is 0. The summed E-state index contributed by atoms with van der Waals surface area (Å²) < 4.78 is 5.68. The molecule has 0 heterocycles. The van der Waals surface area contributed by atoms with E-state index in [9.17, 15) is 4.79 Å². The van der Waals surface area contributed by atoms with Crippen molar-refractivity contribution in [3.63, 3.8) is 0 Å². The summed E-state index contributed by atoms with van der Waals surface area (Å²) in [6.45, 7) is 4.24. The van der Waals surface area contributed by atoms with Crippen molar-refractivity contribution in [2.75, 3.05) is 33.8 Å². The van der Waals surface area contributed by atoms with E-state index in [0.29, 0.717) is 25.0 Å². The van der Waals surface area contributed by atoms with Gasteiger partial charge in [-0.1, -0.05) is 37.5 Å². The number of rotatable bonds is 8. The highest BCUT2D eigenvalue weighted by Gasteiger charge is 2.14. The maximum Gasteiger partial charge on any atom is 0.241 e. The second-order valence-corrected chi connectivity index (χ2v) is 7.23. The lowest BCUT2D eigenvalue weighted by molar-refractivity contribution is -0.127. The zero-order valence-corrected chi connectivity index (χ0v) is 17.0. The van der Waals surface area contributed by atoms with Gasteiger partial charge in [0.25, 0.3) is 0 Å². The molecule has 1 amide bonds. The van der Waals surface area contributed by atoms with Crippen molar-refractivity contribution in [2.24, 2.45) is 10.9 Å². The first-order chi connectivity index (χ1) is 13.1. The number of hydrogen-bond acceptors (Lipinski definition) is 3. The Hall–Kier alpha value is -2.24. The normalized spacial score (nSPS) is 15.3. The second-order valence-electron chi connectivity index (χ2n) is 7.23. The lowest BCUT2D eigenvalue weighted by Gasteiger charge is -2.23. The number of nitrogens with one attached hydrogen (secondary N) is 2. The fourth-order valence-electron chi connectivity index (χ4n) is 3.22. The molecule has 27 heavy (non-hydrogen) atoms. The van der Waals surface area contributed by atoms with Gasteiger partial charge in [-0.15, -0.1) is 0 Å². The zero-order valence-electron chi connectivity index (χ0n) is 17.0. The maximum atomic E-state index is 11.9. The molecule has 2 N–H and O–H groups in total. The first-order valence-corrected chi connectivity index (χ1v) is 10.0. The Balaban J connectivity index is 2.00. The quantitative estimate of drug-likeness (QED) is 0.542. The Morgan fingerprint density at radius 3 is 2.63 bits per heavy atom. The topological polar surface area (TPSA) is 66.0 Å². The molecule has 0 aliphatic heterocycles. The summed E-state index contributed by atoms with van der Waals surface area (Å²) in [5.74, 6) is 2.25. The first-order valence-electron chi connectivity index (χ1n) is 10.0. The van der Waals surface area contributed by atoms with E-state index in [2.05, 4.69) is 10.6 Å². The van der Waals surface area contributed by atoms with Crippen molar-refractivity contribution in [3.05, 3.63) is 29.8 Å². The fourth-order valence-corrected chi connectivity index (χ4v) is 3.22. The highest BCUT2D eigenvalue weighted by atomic mass is 16.5. The van der Waals surface area contributed by atoms with Crippen LogP contribution in [0.2, 0.25) is 0 Å². The van der Waals surface area contributed by atoms with Crippen molar-refractivity contribution in [1.82, 2.24) is 15.5 Å². The van der Waals surface area contributed by atoms with Crippen LogP contribution in [0, 0.1) is 5.92 Å². The van der Waals surface area contributed by atoms with Crippen LogP contribution in [0.3, 0.4) is 0 Å². The number of amides is 1. The van der Waals surface area contributed by atoms with Crippen LogP contribution < -0.4 is 15.4 Å². The summed E-state index contributed by atoms with van der Waals surface area (Å²) in [7, 11) is 3.52. The van der Waals surface area contributed by atoms with E-state index in [4.69, 9.17) is 9.73 Å². The molecule has 1 aliphatic carbocycles. The number of likely N-dealkylation sites (N-methyl/N-ethyl adjacent to an activating group) is 1. The molecule has 1 aromatic carbocycles. The van der Waals surface area contributed by atoms with Crippen molar-refractivity contribution in [2.45, 2.75) is 45.6 Å². The molecule has 6 nitrogen and oxygen atoms in total. The number of aliphatic imine (C=N–C) groups is 1. The SMILES string of the molecule is CCOc1ccccc1CN=C(NCC(=O)N(C)C)NCC1CCCCC1. The lowest BCUT2D eigenvalue weighted by Crippen LogP contribution is -2.44. The molecule has 0 spiro atoms. The molecule has 0 aromatic heterocycles. The summed E-state index contributed by atoms with van der Waals surface area (Å²) in [4.78, 5) is 18.2. The molecule has 1 fully saturated rings. The maximum absolute atomic E-state index is 11.9. The van der Waals surface area contributed by atoms with Crippen LogP contribution in [0.5, 0.6) is 5.75 Å². The van der Waals surface area contributed by atoms with Gasteiger partial charge < -0.3 is 20.3 Å². The molecule has 0 saturated heterocycles. The molecule has 1 saturated carbocycles. The summed E-state index contributed by atoms with van der Waals surface area (Å²) in [6, 6.07) is 7.95. The van der Waals surface area contributed by atoms with Gasteiger partial charge in [0.1, 0.15) is 5.75 Å². The van der Waals surface area contributed by atoms with Crippen LogP contribution >= 0.6 is 0 Å². The molecule has 1 aromatic rings. The standard InChI is InChI=1S/C21H34N4O2/c1-4-27-19-13-9-8-12-18(19)15-23-21(24-16-20(26)25(2)3)22-14-17-10-6-5-7-11-17/h8-9,12-13,17H,4-7,10-11,14-16H2,1-3H3,(H2,22,23,24). The number of guanidine groups is 1. The van der Waals surface area contributed by atoms with E-state index in [1.54, 1.807) is 19.0 Å². The van der Waals surface area contributed by atoms with Gasteiger partial charge >= 0.3 is 0 Å². The van der Waals surface area contributed by atoms with E-state index in [1.165, 1.54) is 32.1 Å². The van der Waals surface area contributed by atoms with Crippen molar-refractivity contribution < 1.29 is 9.53 Å². The molecule has 6 heteroatoms. The smallest absolute Gasteiger partial charge is 0.241 e. The third-order valence-corrected chi connectivity index (χ3v) is 4.87. The average molecular weight is 375 g/mol. The third-order valence-electron chi connectivity index (χ3n) is 4.87. The molecule has 1 aliphatic rings. The summed E-state index contributed by atoms with van der Waals surface area (Å²) in [5.41, 5.74) is 1.04. The van der Waals surface area contributed by atoms with Gasteiger partial charge in [-0.05, 0) is 31.7 Å². The fraction of sp³-hybridized carbons (Fsp3) is 0.619. The molecular formula is C21H34N4O2. The van der Waals surface area contributed by atoms with Crippen molar-refractivity contribution >= 4 is 11.9 Å². The van der Waals surface area contributed by atoms with Crippen LogP contribution in [0.15, 0.2) is 29.3 Å². The van der Waals surface area contributed by atoms with Crippen LogP contribution in [-0.2, 0) is 11.3 Å². The molecule has 0 unspecified atom stereocenters. The molecule has 150 valence electrons. The number of carbonyl (C=O) groups is 1. The van der Waals surface area contributed by atoms with Gasteiger partial charge in [0.2, 0.25) is 5.91 Å². The Morgan fingerprint density at radius 1 is 1.19 bits per heavy atom. The molecule has 2 rings (SSSR count). The lowest BCUT2D eigenvalue weighted by atomic mass is 9.89. The van der Waals surface area contributed by atoms with Gasteiger partial charge in [-0.25, -0.2) is 4.99 Å². The number of ether oxygens (including phenoxy) is 1. The Kier molecular flexibility index (Phi) is 8.95. The molecule has 0 radical (unpaired) electrons. The molecule has 0 bridgehead atoms. The number of nitrogens with zero attached hydrogens (tertiary/aromatic N) is 2. The molecule has 0 atom stereocenters. The third kappa shape index (κ3) is 7.49. The minimum absolute atomic E-state index is 0.0249. The van der Waals surface area contributed by atoms with Crippen molar-refractivity contribution in [3.8, 4) is 5.75 Å². The van der Waals surface area contributed by atoms with E-state index in [0.717, 1.165) is 17.9 Å². The van der Waals surface area contributed by atoms with E-state index < -0.39 is 0 Å². The highest BCUT2D eigenvalue weighted by Crippen LogP contribution is 2.22. The molecular weight excluding hydrogens is 340 g/mol. The monoisotopic (exact) mass is 374 g/mol. The van der Waals surface area contributed by atoms with E-state index >= 15 is 0 Å². The number of benzene rings is 1. The Labute approximate surface area is 163 Å². The second kappa shape index (κ2) is 11.5. The number of hydrogen-bond donors (Lipinski definition) is 2. The highest BCUT2D eigenvalue weighted by molar-refractivity contribution is 5.86. The first kappa shape index (κ1) is 21.1. The van der Waals surface area contributed by atoms with Gasteiger partial charge in [0, 0.05) is 26.2 Å². The van der Waals surface area contributed by atoms with E-state index in [-0.39, 0.29) is 12.5 Å². The Morgan fingerprint density at radius 2 is 1.93 bits per heavy atom. The van der Waals surface area contributed by atoms with Crippen LogP contribution in [0.25, 0.3) is 0 Å². The van der Waals surface area contributed by atoms with E-state index in [1.807, 2.05) is 31.2 Å². The predicted octanol–water partition coefficient (Wildman–Crippen LogP) is 2.79. The largest absolute Gasteiger partial charge is 0.494 e. The zero-order chi connectivity index (χ0) is 19.5. The van der Waals surface area contributed by atoms with Gasteiger partial charge in [-0.2, -0.15) is 0 Å². The minimum Gasteiger partial charge on any atom is -0.494 e. The average Bonchev–Trinajstić information content (AvgIpc) is 2.69. The van der Waals surface area contributed by atoms with Gasteiger partial charge in [0.15, 0.2) is 5.96 Å². The van der Waals surface area contributed by atoms with Gasteiger partial charge in [0.05, 0.1) is 19.7 Å². The predicted molar refractivity (Wildman–Crippen MR) is 110 cm³/mol. The number of carbonyl (C=O) groups excluding carboxylic acids is 1. The Bertz CT molecular complexity index is 610. The van der Waals surface area contributed by atoms with Gasteiger partial charge in [-0.3, -0.25) is 4.79 Å². The van der Waals surface area contributed by atoms with Crippen LogP contribution in [0.1, 0.15) is 44.6 Å². The van der Waals surface area contributed by atoms with Crippen molar-refractivity contribution in [1.29, 1.82) is 0 Å². The summed E-state index contributed by atoms with van der Waals surface area (Å²) in [5, 5.41) is 6.60. The van der Waals surface area contributed by atoms with Crippen LogP contribution in [0.4, 0.5) is 0 Å².